The van der Waals surface area contributed by atoms with Crippen molar-refractivity contribution in [2.24, 2.45) is 0 Å². The largest absolute Gasteiger partial charge is 0.480 e. The van der Waals surface area contributed by atoms with Crippen LogP contribution in [0.3, 0.4) is 0 Å². The Morgan fingerprint density at radius 2 is 2.12 bits per heavy atom. The van der Waals surface area contributed by atoms with E-state index in [2.05, 4.69) is 15.3 Å². The highest BCUT2D eigenvalue weighted by Crippen LogP contribution is 2.18. The lowest BCUT2D eigenvalue weighted by molar-refractivity contribution is -0.137. The standard InChI is InChI=1S/C11H11N3O2/c1-7(11(15)16)14-10-8-4-2-3-5-9(8)12-6-13-10/h2-7H,1H3,(H,15,16)(H,12,13,14)/t7-/m0/s1. The number of para-hydroxylation sites is 1. The first-order chi connectivity index (χ1) is 7.68. The molecule has 1 heterocycles. The third-order valence-corrected chi connectivity index (χ3v) is 2.27. The van der Waals surface area contributed by atoms with Crippen molar-refractivity contribution in [1.82, 2.24) is 9.97 Å². The molecule has 0 radical (unpaired) electrons. The van der Waals surface area contributed by atoms with E-state index >= 15 is 0 Å². The second-order valence-electron chi connectivity index (χ2n) is 3.44. The average Bonchev–Trinajstić information content (AvgIpc) is 2.29. The third-order valence-electron chi connectivity index (χ3n) is 2.27. The van der Waals surface area contributed by atoms with Crippen molar-refractivity contribution < 1.29 is 9.90 Å². The number of anilines is 1. The van der Waals surface area contributed by atoms with Gasteiger partial charge in [0.05, 0.1) is 5.52 Å². The van der Waals surface area contributed by atoms with Crippen LogP contribution in [-0.4, -0.2) is 27.1 Å². The highest BCUT2D eigenvalue weighted by molar-refractivity contribution is 5.90. The number of aliphatic carboxylic acids is 1. The van der Waals surface area contributed by atoms with Gasteiger partial charge in [0.15, 0.2) is 0 Å². The molecule has 0 aliphatic heterocycles. The van der Waals surface area contributed by atoms with Crippen molar-refractivity contribution in [3.05, 3.63) is 30.6 Å². The molecular weight excluding hydrogens is 206 g/mol. The van der Waals surface area contributed by atoms with Gasteiger partial charge in [-0.15, -0.1) is 0 Å². The summed E-state index contributed by atoms with van der Waals surface area (Å²) < 4.78 is 0. The average molecular weight is 217 g/mol. The molecule has 1 aromatic heterocycles. The fraction of sp³-hybridized carbons (Fsp3) is 0.182. The molecule has 16 heavy (non-hydrogen) atoms. The molecule has 0 amide bonds. The molecule has 2 aromatic rings. The van der Waals surface area contributed by atoms with Gasteiger partial charge in [0.25, 0.3) is 0 Å². The van der Waals surface area contributed by atoms with E-state index in [-0.39, 0.29) is 0 Å². The minimum atomic E-state index is -0.914. The van der Waals surface area contributed by atoms with Crippen LogP contribution in [0, 0.1) is 0 Å². The first kappa shape index (κ1) is 10.4. The molecule has 0 saturated carbocycles. The van der Waals surface area contributed by atoms with Gasteiger partial charge in [0, 0.05) is 5.39 Å². The van der Waals surface area contributed by atoms with Gasteiger partial charge in [0.2, 0.25) is 0 Å². The van der Waals surface area contributed by atoms with Crippen LogP contribution in [0.2, 0.25) is 0 Å². The van der Waals surface area contributed by atoms with Gasteiger partial charge in [-0.25, -0.2) is 9.97 Å². The number of carboxylic acid groups (broad SMARTS) is 1. The first-order valence-electron chi connectivity index (χ1n) is 4.87. The van der Waals surface area contributed by atoms with E-state index in [1.165, 1.54) is 6.33 Å². The van der Waals surface area contributed by atoms with Crippen LogP contribution in [0.4, 0.5) is 5.82 Å². The van der Waals surface area contributed by atoms with Gasteiger partial charge in [-0.05, 0) is 19.1 Å². The lowest BCUT2D eigenvalue weighted by Gasteiger charge is -2.11. The van der Waals surface area contributed by atoms with Gasteiger partial charge in [-0.2, -0.15) is 0 Å². The molecule has 1 aromatic carbocycles. The molecule has 2 rings (SSSR count). The Kier molecular flexibility index (Phi) is 2.68. The molecule has 0 bridgehead atoms. The molecule has 0 unspecified atom stereocenters. The number of rotatable bonds is 3. The van der Waals surface area contributed by atoms with Crippen LogP contribution in [0.1, 0.15) is 6.92 Å². The van der Waals surface area contributed by atoms with Crippen LogP contribution in [0.15, 0.2) is 30.6 Å². The van der Waals surface area contributed by atoms with E-state index in [0.717, 1.165) is 10.9 Å². The summed E-state index contributed by atoms with van der Waals surface area (Å²) in [4.78, 5) is 18.9. The minimum Gasteiger partial charge on any atom is -0.480 e. The van der Waals surface area contributed by atoms with Gasteiger partial charge in [0.1, 0.15) is 18.2 Å². The molecule has 5 nitrogen and oxygen atoms in total. The summed E-state index contributed by atoms with van der Waals surface area (Å²) in [6.45, 7) is 1.57. The zero-order valence-corrected chi connectivity index (χ0v) is 8.71. The molecule has 82 valence electrons. The lowest BCUT2D eigenvalue weighted by atomic mass is 10.2. The monoisotopic (exact) mass is 217 g/mol. The zero-order chi connectivity index (χ0) is 11.5. The number of benzene rings is 1. The Morgan fingerprint density at radius 3 is 2.88 bits per heavy atom. The van der Waals surface area contributed by atoms with Crippen LogP contribution >= 0.6 is 0 Å². The summed E-state index contributed by atoms with van der Waals surface area (Å²) in [6, 6.07) is 6.76. The van der Waals surface area contributed by atoms with E-state index < -0.39 is 12.0 Å². The summed E-state index contributed by atoms with van der Waals surface area (Å²) in [5, 5.41) is 12.5. The fourth-order valence-electron chi connectivity index (χ4n) is 1.39. The van der Waals surface area contributed by atoms with E-state index in [1.807, 2.05) is 24.3 Å². The molecule has 0 fully saturated rings. The number of aromatic nitrogens is 2. The van der Waals surface area contributed by atoms with Gasteiger partial charge in [-0.1, -0.05) is 12.1 Å². The first-order valence-corrected chi connectivity index (χ1v) is 4.87. The van der Waals surface area contributed by atoms with Crippen LogP contribution in [0.25, 0.3) is 10.9 Å². The molecule has 0 saturated heterocycles. The van der Waals surface area contributed by atoms with Gasteiger partial charge < -0.3 is 10.4 Å². The number of carbonyl (C=O) groups is 1. The maximum absolute atomic E-state index is 10.7. The number of nitrogens with zero attached hydrogens (tertiary/aromatic N) is 2. The van der Waals surface area contributed by atoms with Crippen molar-refractivity contribution in [3.63, 3.8) is 0 Å². The van der Waals surface area contributed by atoms with Crippen molar-refractivity contribution in [3.8, 4) is 0 Å². The van der Waals surface area contributed by atoms with Crippen molar-refractivity contribution >= 4 is 22.7 Å². The van der Waals surface area contributed by atoms with Crippen molar-refractivity contribution in [1.29, 1.82) is 0 Å². The Balaban J connectivity index is 2.41. The maximum Gasteiger partial charge on any atom is 0.325 e. The van der Waals surface area contributed by atoms with E-state index in [0.29, 0.717) is 5.82 Å². The summed E-state index contributed by atoms with van der Waals surface area (Å²) in [5.74, 6) is -0.372. The molecule has 2 N–H and O–H groups in total. The van der Waals surface area contributed by atoms with Crippen LogP contribution < -0.4 is 5.32 Å². The molecule has 0 spiro atoms. The highest BCUT2D eigenvalue weighted by Gasteiger charge is 2.12. The molecular formula is C11H11N3O2. The van der Waals surface area contributed by atoms with Gasteiger partial charge in [-0.3, -0.25) is 4.79 Å². The third kappa shape index (κ3) is 1.93. The molecule has 5 heteroatoms. The normalized spacial score (nSPS) is 12.3. The van der Waals surface area contributed by atoms with Crippen LogP contribution in [-0.2, 0) is 4.79 Å². The summed E-state index contributed by atoms with van der Waals surface area (Å²) in [6.07, 6.45) is 1.42. The summed E-state index contributed by atoms with van der Waals surface area (Å²) in [5.41, 5.74) is 0.789. The number of hydrogen-bond acceptors (Lipinski definition) is 4. The Labute approximate surface area is 92.2 Å². The fourth-order valence-corrected chi connectivity index (χ4v) is 1.39. The van der Waals surface area contributed by atoms with Gasteiger partial charge >= 0.3 is 5.97 Å². The minimum absolute atomic E-state index is 0.542. The van der Waals surface area contributed by atoms with Crippen molar-refractivity contribution in [2.45, 2.75) is 13.0 Å². The quantitative estimate of drug-likeness (QED) is 0.815. The number of carboxylic acids is 1. The summed E-state index contributed by atoms with van der Waals surface area (Å²) >= 11 is 0. The van der Waals surface area contributed by atoms with E-state index in [9.17, 15) is 4.79 Å². The number of fused-ring (bicyclic) bond motifs is 1. The Morgan fingerprint density at radius 1 is 1.38 bits per heavy atom. The topological polar surface area (TPSA) is 75.1 Å². The zero-order valence-electron chi connectivity index (χ0n) is 8.71. The van der Waals surface area contributed by atoms with E-state index in [4.69, 9.17) is 5.11 Å². The molecule has 0 aliphatic rings. The number of hydrogen-bond donors (Lipinski definition) is 2. The predicted octanol–water partition coefficient (Wildman–Crippen LogP) is 1.51. The smallest absolute Gasteiger partial charge is 0.325 e. The lowest BCUT2D eigenvalue weighted by Crippen LogP contribution is -2.26. The molecule has 1 atom stereocenters. The number of nitrogens with one attached hydrogen (secondary N) is 1. The van der Waals surface area contributed by atoms with E-state index in [1.54, 1.807) is 6.92 Å². The summed E-state index contributed by atoms with van der Waals surface area (Å²) in [7, 11) is 0. The predicted molar refractivity (Wildman–Crippen MR) is 60.3 cm³/mol. The Bertz CT molecular complexity index is 522. The Hall–Kier alpha value is -2.17. The highest BCUT2D eigenvalue weighted by atomic mass is 16.4. The maximum atomic E-state index is 10.7. The van der Waals surface area contributed by atoms with Crippen LogP contribution in [0.5, 0.6) is 0 Å². The second kappa shape index (κ2) is 4.14. The molecule has 0 aliphatic carbocycles. The second-order valence-corrected chi connectivity index (χ2v) is 3.44. The SMILES string of the molecule is C[C@H](Nc1ncnc2ccccc12)C(=O)O. The van der Waals surface area contributed by atoms with Crippen molar-refractivity contribution in [2.75, 3.05) is 5.32 Å².